The minimum atomic E-state index is 0.596. The molecule has 4 nitrogen and oxygen atoms in total. The molecule has 0 spiro atoms. The van der Waals surface area contributed by atoms with Gasteiger partial charge in [-0.2, -0.15) is 0 Å². The lowest BCUT2D eigenvalue weighted by Gasteiger charge is -2.20. The summed E-state index contributed by atoms with van der Waals surface area (Å²) in [7, 11) is 1.63. The van der Waals surface area contributed by atoms with Crippen LogP contribution < -0.4 is 10.1 Å². The van der Waals surface area contributed by atoms with E-state index in [1.165, 1.54) is 0 Å². The minimum Gasteiger partial charge on any atom is -0.495 e. The first-order valence-corrected chi connectivity index (χ1v) is 5.23. The third-order valence-corrected chi connectivity index (χ3v) is 2.99. The second kappa shape index (κ2) is 3.42. The molecule has 2 aromatic rings. The molecule has 5 heteroatoms. The number of aromatic nitrogens is 1. The molecule has 0 atom stereocenters. The molecule has 0 fully saturated rings. The molecule has 3 rings (SSSR count). The number of nitrogens with zero attached hydrogens (tertiary/aromatic N) is 1. The summed E-state index contributed by atoms with van der Waals surface area (Å²) in [5.74, 6) is 1.56. The van der Waals surface area contributed by atoms with Crippen molar-refractivity contribution in [3.8, 4) is 16.9 Å². The van der Waals surface area contributed by atoms with Crippen LogP contribution in [-0.2, 0) is 6.54 Å². The Labute approximate surface area is 97.1 Å². The summed E-state index contributed by atoms with van der Waals surface area (Å²) in [6, 6.07) is 3.65. The molecule has 1 aliphatic rings. The molecule has 0 radical (unpaired) electrons. The van der Waals surface area contributed by atoms with Crippen molar-refractivity contribution in [1.82, 2.24) is 5.16 Å². The lowest BCUT2D eigenvalue weighted by molar-refractivity contribution is 0.387. The number of nitrogens with one attached hydrogen (secondary N) is 1. The highest BCUT2D eigenvalue weighted by molar-refractivity contribution is 6.34. The number of methoxy groups -OCH3 is 1. The molecule has 82 valence electrons. The van der Waals surface area contributed by atoms with Crippen LogP contribution in [0.4, 0.5) is 5.69 Å². The van der Waals surface area contributed by atoms with E-state index < -0.39 is 0 Å². The maximum Gasteiger partial charge on any atom is 0.163 e. The smallest absolute Gasteiger partial charge is 0.163 e. The summed E-state index contributed by atoms with van der Waals surface area (Å²) in [4.78, 5) is 0. The normalized spacial score (nSPS) is 12.6. The number of fused-ring (bicyclic) bond motifs is 3. The molecule has 0 saturated carbocycles. The minimum absolute atomic E-state index is 0.596. The van der Waals surface area contributed by atoms with Crippen LogP contribution >= 0.6 is 11.6 Å². The van der Waals surface area contributed by atoms with E-state index in [9.17, 15) is 0 Å². The molecule has 0 amide bonds. The van der Waals surface area contributed by atoms with Gasteiger partial charge in [0.15, 0.2) is 5.76 Å². The van der Waals surface area contributed by atoms with Crippen molar-refractivity contribution in [2.45, 2.75) is 6.54 Å². The summed E-state index contributed by atoms with van der Waals surface area (Å²) in [5.41, 5.74) is 2.71. The summed E-state index contributed by atoms with van der Waals surface area (Å²) < 4.78 is 10.4. The maximum atomic E-state index is 6.19. The van der Waals surface area contributed by atoms with Gasteiger partial charge < -0.3 is 14.6 Å². The summed E-state index contributed by atoms with van der Waals surface area (Å²) in [6.45, 7) is 0.596. The fourth-order valence-electron chi connectivity index (χ4n) is 1.93. The number of hydrogen-bond acceptors (Lipinski definition) is 4. The molecule has 1 aromatic carbocycles. The number of hydrogen-bond donors (Lipinski definition) is 1. The van der Waals surface area contributed by atoms with Crippen LogP contribution in [0.1, 0.15) is 5.76 Å². The lowest BCUT2D eigenvalue weighted by Crippen LogP contribution is -2.08. The standard InChI is InChI=1S/C11H9ClN2O2/c1-15-8-3-2-7(12)10-6-4-14-16-9(6)5-13-11(8)10/h2-4,13H,5H2,1H3. The van der Waals surface area contributed by atoms with Crippen molar-refractivity contribution in [2.24, 2.45) is 0 Å². The van der Waals surface area contributed by atoms with Crippen molar-refractivity contribution < 1.29 is 9.26 Å². The Morgan fingerprint density at radius 1 is 1.50 bits per heavy atom. The van der Waals surface area contributed by atoms with Gasteiger partial charge in [0.05, 0.1) is 36.1 Å². The highest BCUT2D eigenvalue weighted by atomic mass is 35.5. The predicted molar refractivity (Wildman–Crippen MR) is 60.8 cm³/mol. The lowest BCUT2D eigenvalue weighted by atomic mass is 10.0. The van der Waals surface area contributed by atoms with E-state index in [-0.39, 0.29) is 0 Å². The Kier molecular flexibility index (Phi) is 2.04. The first-order chi connectivity index (χ1) is 7.81. The van der Waals surface area contributed by atoms with Gasteiger partial charge in [-0.1, -0.05) is 16.8 Å². The van der Waals surface area contributed by atoms with E-state index in [0.29, 0.717) is 11.6 Å². The first-order valence-electron chi connectivity index (χ1n) is 4.85. The Morgan fingerprint density at radius 2 is 2.38 bits per heavy atom. The quantitative estimate of drug-likeness (QED) is 0.827. The third-order valence-electron chi connectivity index (χ3n) is 2.68. The molecule has 1 aliphatic heterocycles. The van der Waals surface area contributed by atoms with Crippen molar-refractivity contribution >= 4 is 17.3 Å². The van der Waals surface area contributed by atoms with Gasteiger partial charge >= 0.3 is 0 Å². The largest absolute Gasteiger partial charge is 0.495 e. The first kappa shape index (κ1) is 9.54. The highest BCUT2D eigenvalue weighted by Gasteiger charge is 2.24. The molecule has 0 aliphatic carbocycles. The third kappa shape index (κ3) is 1.20. The van der Waals surface area contributed by atoms with Crippen molar-refractivity contribution in [3.05, 3.63) is 29.1 Å². The van der Waals surface area contributed by atoms with Crippen molar-refractivity contribution in [2.75, 3.05) is 12.4 Å². The van der Waals surface area contributed by atoms with E-state index in [4.69, 9.17) is 20.9 Å². The van der Waals surface area contributed by atoms with Gasteiger partial charge in [0.25, 0.3) is 0 Å². The second-order valence-corrected chi connectivity index (χ2v) is 3.92. The van der Waals surface area contributed by atoms with E-state index in [2.05, 4.69) is 10.5 Å². The molecule has 0 unspecified atom stereocenters. The number of halogens is 1. The summed E-state index contributed by atoms with van der Waals surface area (Å²) in [5, 5.41) is 7.67. The number of ether oxygens (including phenoxy) is 1. The van der Waals surface area contributed by atoms with Crippen LogP contribution in [0.25, 0.3) is 11.1 Å². The van der Waals surface area contributed by atoms with Gasteiger partial charge in [0.2, 0.25) is 0 Å². The Bertz CT molecular complexity index is 551. The Morgan fingerprint density at radius 3 is 3.19 bits per heavy atom. The molecule has 0 saturated heterocycles. The van der Waals surface area contributed by atoms with Crippen molar-refractivity contribution in [1.29, 1.82) is 0 Å². The van der Waals surface area contributed by atoms with Gasteiger partial charge in [-0.15, -0.1) is 0 Å². The van der Waals surface area contributed by atoms with E-state index in [0.717, 1.165) is 28.3 Å². The van der Waals surface area contributed by atoms with Crippen LogP contribution in [0.2, 0.25) is 5.02 Å². The van der Waals surface area contributed by atoms with Gasteiger partial charge in [0, 0.05) is 5.56 Å². The molecular formula is C11H9ClN2O2. The number of rotatable bonds is 1. The molecule has 1 aromatic heterocycles. The molecule has 0 bridgehead atoms. The van der Waals surface area contributed by atoms with E-state index in [1.807, 2.05) is 12.1 Å². The van der Waals surface area contributed by atoms with E-state index >= 15 is 0 Å². The van der Waals surface area contributed by atoms with E-state index in [1.54, 1.807) is 13.3 Å². The zero-order valence-corrected chi connectivity index (χ0v) is 9.34. The predicted octanol–water partition coefficient (Wildman–Crippen LogP) is 2.93. The zero-order chi connectivity index (χ0) is 11.1. The molecule has 1 N–H and O–H groups in total. The number of benzene rings is 1. The molecule has 2 heterocycles. The van der Waals surface area contributed by atoms with Crippen LogP contribution in [0.3, 0.4) is 0 Å². The summed E-state index contributed by atoms with van der Waals surface area (Å²) >= 11 is 6.19. The monoisotopic (exact) mass is 236 g/mol. The summed E-state index contributed by atoms with van der Waals surface area (Å²) in [6.07, 6.45) is 1.68. The SMILES string of the molecule is COc1ccc(Cl)c2c1NCc1oncc1-2. The van der Waals surface area contributed by atoms with Crippen LogP contribution in [0.5, 0.6) is 5.75 Å². The number of anilines is 1. The maximum absolute atomic E-state index is 6.19. The van der Waals surface area contributed by atoms with Crippen LogP contribution in [0.15, 0.2) is 22.9 Å². The molecular weight excluding hydrogens is 228 g/mol. The topological polar surface area (TPSA) is 47.3 Å². The van der Waals surface area contributed by atoms with Crippen molar-refractivity contribution in [3.63, 3.8) is 0 Å². The van der Waals surface area contributed by atoms with Gasteiger partial charge in [-0.05, 0) is 12.1 Å². The average molecular weight is 237 g/mol. The highest BCUT2D eigenvalue weighted by Crippen LogP contribution is 2.45. The average Bonchev–Trinajstić information content (AvgIpc) is 2.77. The zero-order valence-electron chi connectivity index (χ0n) is 8.58. The Hall–Kier alpha value is -1.68. The fraction of sp³-hybridized carbons (Fsp3) is 0.182. The second-order valence-electron chi connectivity index (χ2n) is 3.52. The van der Waals surface area contributed by atoms with Gasteiger partial charge in [-0.3, -0.25) is 0 Å². The van der Waals surface area contributed by atoms with Crippen LogP contribution in [0, 0.1) is 0 Å². The Balaban J connectivity index is 2.31. The van der Waals surface area contributed by atoms with Gasteiger partial charge in [0.1, 0.15) is 5.75 Å². The van der Waals surface area contributed by atoms with Crippen LogP contribution in [-0.4, -0.2) is 12.3 Å². The molecule has 16 heavy (non-hydrogen) atoms. The van der Waals surface area contributed by atoms with Gasteiger partial charge in [-0.25, -0.2) is 0 Å². The fourth-order valence-corrected chi connectivity index (χ4v) is 2.19.